The summed E-state index contributed by atoms with van der Waals surface area (Å²) in [6.07, 6.45) is -2.12. The second-order valence-electron chi connectivity index (χ2n) is 5.95. The number of benzene rings is 2. The fourth-order valence-corrected chi connectivity index (χ4v) is 2.91. The molecule has 0 unspecified atom stereocenters. The molecular weight excluding hydrogens is 471 g/mol. The molecule has 0 amide bonds. The summed E-state index contributed by atoms with van der Waals surface area (Å²) < 4.78 is 66.2. The molecule has 0 saturated carbocycles. The van der Waals surface area contributed by atoms with Crippen LogP contribution in [-0.4, -0.2) is 19.8 Å². The Balaban J connectivity index is 1.73. The molecule has 3 nitrogen and oxygen atoms in total. The Morgan fingerprint density at radius 2 is 1.43 bits per heavy atom. The van der Waals surface area contributed by atoms with Crippen molar-refractivity contribution in [2.45, 2.75) is 19.0 Å². The van der Waals surface area contributed by atoms with E-state index in [2.05, 4.69) is 0 Å². The Kier molecular flexibility index (Phi) is 9.39. The van der Waals surface area contributed by atoms with Crippen LogP contribution >= 0.6 is 34.8 Å². The van der Waals surface area contributed by atoms with Crippen molar-refractivity contribution in [3.63, 3.8) is 0 Å². The molecule has 30 heavy (non-hydrogen) atoms. The first kappa shape index (κ1) is 24.4. The first-order valence-electron chi connectivity index (χ1n) is 8.72. The van der Waals surface area contributed by atoms with Gasteiger partial charge in [-0.1, -0.05) is 34.8 Å². The molecule has 0 spiro atoms. The van der Waals surface area contributed by atoms with Crippen molar-refractivity contribution in [1.82, 2.24) is 0 Å². The molecule has 2 aromatic carbocycles. The number of hydrogen-bond acceptors (Lipinski definition) is 3. The molecule has 0 saturated heterocycles. The Morgan fingerprint density at radius 1 is 0.867 bits per heavy atom. The Labute approximate surface area is 186 Å². The van der Waals surface area contributed by atoms with Crippen LogP contribution in [0.5, 0.6) is 17.2 Å². The van der Waals surface area contributed by atoms with Crippen molar-refractivity contribution >= 4 is 34.8 Å². The normalized spacial score (nSPS) is 12.0. The highest BCUT2D eigenvalue weighted by atomic mass is 35.5. The SMILES string of the molecule is FC(Cl)=CCOc1cc(Cl)c(OCCCCOc2ccc(C(F)(F)F)cc2)c(Cl)c1. The fraction of sp³-hybridized carbons (Fsp3) is 0.300. The van der Waals surface area contributed by atoms with E-state index in [1.54, 1.807) is 0 Å². The zero-order valence-electron chi connectivity index (χ0n) is 15.4. The second kappa shape index (κ2) is 11.5. The van der Waals surface area contributed by atoms with Gasteiger partial charge in [0.2, 0.25) is 0 Å². The third kappa shape index (κ3) is 8.13. The number of halogens is 7. The van der Waals surface area contributed by atoms with Crippen LogP contribution < -0.4 is 14.2 Å². The van der Waals surface area contributed by atoms with E-state index in [1.165, 1.54) is 24.3 Å². The van der Waals surface area contributed by atoms with Gasteiger partial charge >= 0.3 is 6.18 Å². The Hall–Kier alpha value is -1.83. The van der Waals surface area contributed by atoms with Crippen molar-refractivity contribution in [3.8, 4) is 17.2 Å². The summed E-state index contributed by atoms with van der Waals surface area (Å²) in [5.41, 5.74) is -0.726. The highest BCUT2D eigenvalue weighted by Gasteiger charge is 2.29. The lowest BCUT2D eigenvalue weighted by Crippen LogP contribution is -2.05. The molecule has 0 fully saturated rings. The third-order valence-corrected chi connectivity index (χ3v) is 4.41. The first-order valence-corrected chi connectivity index (χ1v) is 9.86. The highest BCUT2D eigenvalue weighted by Crippen LogP contribution is 2.37. The van der Waals surface area contributed by atoms with Gasteiger partial charge in [0.25, 0.3) is 0 Å². The van der Waals surface area contributed by atoms with Crippen molar-refractivity contribution < 1.29 is 31.8 Å². The zero-order valence-corrected chi connectivity index (χ0v) is 17.7. The second-order valence-corrected chi connectivity index (χ2v) is 7.12. The van der Waals surface area contributed by atoms with Gasteiger partial charge in [0, 0.05) is 18.2 Å². The van der Waals surface area contributed by atoms with Crippen molar-refractivity contribution in [1.29, 1.82) is 0 Å². The summed E-state index contributed by atoms with van der Waals surface area (Å²) in [6, 6.07) is 7.46. The lowest BCUT2D eigenvalue weighted by molar-refractivity contribution is -0.137. The van der Waals surface area contributed by atoms with Crippen molar-refractivity contribution in [2.24, 2.45) is 0 Å². The third-order valence-electron chi connectivity index (χ3n) is 3.69. The van der Waals surface area contributed by atoms with Crippen LogP contribution in [-0.2, 0) is 6.18 Å². The molecule has 0 heterocycles. The molecule has 2 aromatic rings. The maximum absolute atomic E-state index is 12.5. The minimum Gasteiger partial charge on any atom is -0.494 e. The highest BCUT2D eigenvalue weighted by molar-refractivity contribution is 6.37. The van der Waals surface area contributed by atoms with Gasteiger partial charge in [-0.25, -0.2) is 0 Å². The monoisotopic (exact) mass is 486 g/mol. The largest absolute Gasteiger partial charge is 0.494 e. The zero-order chi connectivity index (χ0) is 22.1. The van der Waals surface area contributed by atoms with Gasteiger partial charge in [0.15, 0.2) is 11.0 Å². The van der Waals surface area contributed by atoms with Gasteiger partial charge in [0.05, 0.1) is 28.8 Å². The predicted octanol–water partition coefficient (Wildman–Crippen LogP) is 7.68. The van der Waals surface area contributed by atoms with Gasteiger partial charge in [-0.2, -0.15) is 17.6 Å². The molecule has 164 valence electrons. The quantitative estimate of drug-likeness (QED) is 0.254. The summed E-state index contributed by atoms with van der Waals surface area (Å²) in [6.45, 7) is 0.533. The number of rotatable bonds is 10. The van der Waals surface area contributed by atoms with E-state index in [4.69, 9.17) is 49.0 Å². The molecule has 0 aliphatic carbocycles. The van der Waals surface area contributed by atoms with E-state index in [0.717, 1.165) is 18.2 Å². The number of unbranched alkanes of at least 4 members (excludes halogenated alkanes) is 1. The van der Waals surface area contributed by atoms with Gasteiger partial charge in [-0.15, -0.1) is 0 Å². The lowest BCUT2D eigenvalue weighted by atomic mass is 10.2. The molecule has 0 radical (unpaired) electrons. The van der Waals surface area contributed by atoms with Crippen molar-refractivity contribution in [2.75, 3.05) is 19.8 Å². The minimum absolute atomic E-state index is 0.0822. The molecule has 0 aromatic heterocycles. The van der Waals surface area contributed by atoms with Gasteiger partial charge in [0.1, 0.15) is 18.1 Å². The van der Waals surface area contributed by atoms with Crippen LogP contribution in [0.1, 0.15) is 18.4 Å². The van der Waals surface area contributed by atoms with Crippen LogP contribution in [0.2, 0.25) is 10.0 Å². The number of hydrogen-bond donors (Lipinski definition) is 0. The average Bonchev–Trinajstić information content (AvgIpc) is 2.65. The topological polar surface area (TPSA) is 27.7 Å². The minimum atomic E-state index is -4.37. The standard InChI is InChI=1S/C20H17Cl3F4O3/c21-16-11-15(29-10-7-18(23)24)12-17(22)19(16)30-9-2-1-8-28-14-5-3-13(4-6-14)20(25,26)27/h3-7,11-12H,1-2,8-10H2. The van der Waals surface area contributed by atoms with E-state index in [0.29, 0.717) is 37.6 Å². The molecule has 0 aliphatic heterocycles. The smallest absolute Gasteiger partial charge is 0.416 e. The molecule has 0 N–H and O–H groups in total. The molecule has 10 heteroatoms. The summed E-state index contributed by atoms with van der Waals surface area (Å²) in [5.74, 6) is 0.972. The van der Waals surface area contributed by atoms with Crippen LogP contribution in [0.15, 0.2) is 47.8 Å². The average molecular weight is 488 g/mol. The van der Waals surface area contributed by atoms with Crippen LogP contribution in [0.3, 0.4) is 0 Å². The van der Waals surface area contributed by atoms with Gasteiger partial charge in [-0.05, 0) is 37.1 Å². The number of alkyl halides is 3. The molecular formula is C20H17Cl3F4O3. The van der Waals surface area contributed by atoms with E-state index < -0.39 is 17.0 Å². The van der Waals surface area contributed by atoms with Gasteiger partial charge in [-0.3, -0.25) is 0 Å². The fourth-order valence-electron chi connectivity index (χ4n) is 2.27. The lowest BCUT2D eigenvalue weighted by Gasteiger charge is -2.12. The molecule has 0 atom stereocenters. The van der Waals surface area contributed by atoms with E-state index >= 15 is 0 Å². The van der Waals surface area contributed by atoms with Gasteiger partial charge < -0.3 is 14.2 Å². The Bertz CT molecular complexity index is 828. The number of ether oxygens (including phenoxy) is 3. The van der Waals surface area contributed by atoms with E-state index in [1.807, 2.05) is 0 Å². The maximum atomic E-state index is 12.5. The summed E-state index contributed by atoms with van der Waals surface area (Å²) in [7, 11) is 0. The Morgan fingerprint density at radius 3 is 1.97 bits per heavy atom. The summed E-state index contributed by atoms with van der Waals surface area (Å²) in [5, 5.41) is -0.419. The summed E-state index contributed by atoms with van der Waals surface area (Å²) >= 11 is 17.3. The van der Waals surface area contributed by atoms with E-state index in [-0.39, 0.29) is 22.4 Å². The first-order chi connectivity index (χ1) is 14.2. The summed E-state index contributed by atoms with van der Waals surface area (Å²) in [4.78, 5) is 0. The molecule has 0 bridgehead atoms. The van der Waals surface area contributed by atoms with Crippen LogP contribution in [0.25, 0.3) is 0 Å². The van der Waals surface area contributed by atoms with Crippen LogP contribution in [0, 0.1) is 0 Å². The predicted molar refractivity (Wildman–Crippen MR) is 109 cm³/mol. The molecule has 2 rings (SSSR count). The van der Waals surface area contributed by atoms with Crippen LogP contribution in [0.4, 0.5) is 17.6 Å². The molecule has 0 aliphatic rings. The van der Waals surface area contributed by atoms with Crippen molar-refractivity contribution in [3.05, 3.63) is 63.4 Å². The van der Waals surface area contributed by atoms with E-state index in [9.17, 15) is 17.6 Å². The maximum Gasteiger partial charge on any atom is 0.416 e.